The highest BCUT2D eigenvalue weighted by Gasteiger charge is 2.72. The molecule has 0 aromatic rings. The van der Waals surface area contributed by atoms with Crippen LogP contribution in [0.1, 0.15) is 99.3 Å². The van der Waals surface area contributed by atoms with Crippen LogP contribution in [0.4, 0.5) is 0 Å². The lowest BCUT2D eigenvalue weighted by Crippen LogP contribution is -2.21. The minimum absolute atomic E-state index is 0.107. The van der Waals surface area contributed by atoms with Gasteiger partial charge in [0.2, 0.25) is 0 Å². The molecule has 0 aromatic carbocycles. The molecule has 0 amide bonds. The molecule has 0 bridgehead atoms. The number of allylic oxidation sites excluding steroid dienone is 2. The molecule has 3 aliphatic rings. The molecule has 3 rings (SSSR count). The Morgan fingerprint density at radius 3 is 2.38 bits per heavy atom. The van der Waals surface area contributed by atoms with E-state index in [1.807, 2.05) is 0 Å². The standard InChI is InChI=1S/C24H42O2/c1-18(25-17-14-19-10-8-7-9-11-19)26-20-12-15-24(16-13-20)21(22(2,3)4)23(24,5)6/h12,18-19,21H,7-11,13-17H2,1-6H3. The highest BCUT2D eigenvalue weighted by atomic mass is 16.7. The number of hydrogen-bond donors (Lipinski definition) is 0. The molecule has 0 heterocycles. The lowest BCUT2D eigenvalue weighted by Gasteiger charge is -2.29. The van der Waals surface area contributed by atoms with Gasteiger partial charge in [-0.05, 0) is 60.3 Å². The zero-order valence-electron chi connectivity index (χ0n) is 18.2. The fourth-order valence-corrected chi connectivity index (χ4v) is 6.78. The topological polar surface area (TPSA) is 18.5 Å². The number of rotatable bonds is 6. The maximum atomic E-state index is 6.13. The second kappa shape index (κ2) is 7.49. The van der Waals surface area contributed by atoms with E-state index in [4.69, 9.17) is 9.47 Å². The first kappa shape index (κ1) is 20.2. The van der Waals surface area contributed by atoms with Crippen LogP contribution in [0.25, 0.3) is 0 Å². The fourth-order valence-electron chi connectivity index (χ4n) is 6.78. The van der Waals surface area contributed by atoms with Crippen molar-refractivity contribution in [3.8, 4) is 0 Å². The lowest BCUT2D eigenvalue weighted by atomic mass is 9.79. The van der Waals surface area contributed by atoms with Gasteiger partial charge in [0.15, 0.2) is 6.29 Å². The van der Waals surface area contributed by atoms with E-state index in [1.54, 1.807) is 0 Å². The Bertz CT molecular complexity index is 507. The summed E-state index contributed by atoms with van der Waals surface area (Å²) in [4.78, 5) is 0. The molecule has 0 saturated heterocycles. The average molecular weight is 363 g/mol. The normalized spacial score (nSPS) is 33.0. The van der Waals surface area contributed by atoms with Crippen molar-refractivity contribution in [2.24, 2.45) is 28.1 Å². The van der Waals surface area contributed by atoms with Gasteiger partial charge in [0.25, 0.3) is 0 Å². The van der Waals surface area contributed by atoms with Crippen molar-refractivity contribution in [1.82, 2.24) is 0 Å². The van der Waals surface area contributed by atoms with Crippen LogP contribution >= 0.6 is 0 Å². The first-order valence-corrected chi connectivity index (χ1v) is 11.1. The molecule has 0 aliphatic heterocycles. The minimum Gasteiger partial charge on any atom is -0.470 e. The zero-order valence-corrected chi connectivity index (χ0v) is 18.2. The van der Waals surface area contributed by atoms with E-state index in [0.29, 0.717) is 16.2 Å². The van der Waals surface area contributed by atoms with Gasteiger partial charge in [-0.2, -0.15) is 0 Å². The Kier molecular flexibility index (Phi) is 5.83. The first-order valence-electron chi connectivity index (χ1n) is 11.1. The Morgan fingerprint density at radius 2 is 1.85 bits per heavy atom. The van der Waals surface area contributed by atoms with Gasteiger partial charge in [-0.1, -0.05) is 66.7 Å². The molecule has 2 saturated carbocycles. The van der Waals surface area contributed by atoms with Crippen molar-refractivity contribution in [2.75, 3.05) is 6.61 Å². The fraction of sp³-hybridized carbons (Fsp3) is 0.917. The minimum atomic E-state index is -0.107. The summed E-state index contributed by atoms with van der Waals surface area (Å²) in [6.07, 6.45) is 14.0. The van der Waals surface area contributed by atoms with E-state index in [-0.39, 0.29) is 6.29 Å². The Hall–Kier alpha value is -0.500. The van der Waals surface area contributed by atoms with Gasteiger partial charge in [0.05, 0.1) is 12.4 Å². The number of hydrogen-bond acceptors (Lipinski definition) is 2. The molecule has 150 valence electrons. The van der Waals surface area contributed by atoms with Crippen LogP contribution < -0.4 is 0 Å². The largest absolute Gasteiger partial charge is 0.470 e. The Labute approximate surface area is 162 Å². The van der Waals surface area contributed by atoms with Gasteiger partial charge in [0.1, 0.15) is 0 Å². The van der Waals surface area contributed by atoms with Gasteiger partial charge < -0.3 is 9.47 Å². The molecule has 2 heteroatoms. The average Bonchev–Trinajstić information content (AvgIpc) is 3.05. The smallest absolute Gasteiger partial charge is 0.196 e. The van der Waals surface area contributed by atoms with Crippen LogP contribution in [0.3, 0.4) is 0 Å². The van der Waals surface area contributed by atoms with Crippen LogP contribution in [0.2, 0.25) is 0 Å². The molecule has 0 aromatic heterocycles. The van der Waals surface area contributed by atoms with Crippen molar-refractivity contribution < 1.29 is 9.47 Å². The quantitative estimate of drug-likeness (QED) is 0.469. The third-order valence-corrected chi connectivity index (χ3v) is 7.77. The second-order valence-corrected chi connectivity index (χ2v) is 10.9. The van der Waals surface area contributed by atoms with E-state index in [9.17, 15) is 0 Å². The van der Waals surface area contributed by atoms with Crippen molar-refractivity contribution in [1.29, 1.82) is 0 Å². The van der Waals surface area contributed by atoms with E-state index in [1.165, 1.54) is 51.4 Å². The third-order valence-electron chi connectivity index (χ3n) is 7.77. The molecule has 3 unspecified atom stereocenters. The van der Waals surface area contributed by atoms with E-state index < -0.39 is 0 Å². The summed E-state index contributed by atoms with van der Waals surface area (Å²) in [5, 5.41) is 0. The molecule has 3 atom stereocenters. The predicted octanol–water partition coefficient (Wildman–Crippen LogP) is 7.09. The van der Waals surface area contributed by atoms with Crippen molar-refractivity contribution in [2.45, 2.75) is 106 Å². The van der Waals surface area contributed by atoms with Crippen molar-refractivity contribution in [3.63, 3.8) is 0 Å². The SMILES string of the molecule is CC(OCCC1CCCCC1)OC1=CCC2(CC1)C(C(C)(C)C)C2(C)C. The predicted molar refractivity (Wildman–Crippen MR) is 109 cm³/mol. The summed E-state index contributed by atoms with van der Waals surface area (Å²) < 4.78 is 12.1. The van der Waals surface area contributed by atoms with Gasteiger partial charge >= 0.3 is 0 Å². The Balaban J connectivity index is 1.43. The van der Waals surface area contributed by atoms with Crippen LogP contribution in [-0.2, 0) is 9.47 Å². The number of ether oxygens (including phenoxy) is 2. The summed E-state index contributed by atoms with van der Waals surface area (Å²) >= 11 is 0. The summed E-state index contributed by atoms with van der Waals surface area (Å²) in [6, 6.07) is 0. The second-order valence-electron chi connectivity index (χ2n) is 10.9. The van der Waals surface area contributed by atoms with E-state index >= 15 is 0 Å². The molecular weight excluding hydrogens is 320 g/mol. The summed E-state index contributed by atoms with van der Waals surface area (Å²) in [5.41, 5.74) is 1.34. The van der Waals surface area contributed by atoms with Gasteiger partial charge in [-0.15, -0.1) is 0 Å². The maximum absolute atomic E-state index is 6.13. The van der Waals surface area contributed by atoms with E-state index in [2.05, 4.69) is 47.6 Å². The molecule has 2 nitrogen and oxygen atoms in total. The van der Waals surface area contributed by atoms with Crippen LogP contribution in [0.5, 0.6) is 0 Å². The molecular formula is C24H42O2. The van der Waals surface area contributed by atoms with Crippen molar-refractivity contribution in [3.05, 3.63) is 11.8 Å². The summed E-state index contributed by atoms with van der Waals surface area (Å²) in [6.45, 7) is 15.1. The van der Waals surface area contributed by atoms with E-state index in [0.717, 1.165) is 30.6 Å². The molecule has 1 spiro atoms. The highest BCUT2D eigenvalue weighted by Crippen LogP contribution is 2.78. The monoisotopic (exact) mass is 362 g/mol. The first-order chi connectivity index (χ1) is 12.2. The summed E-state index contributed by atoms with van der Waals surface area (Å²) in [5.74, 6) is 2.86. The maximum Gasteiger partial charge on any atom is 0.196 e. The summed E-state index contributed by atoms with van der Waals surface area (Å²) in [7, 11) is 0. The van der Waals surface area contributed by atoms with Crippen LogP contribution in [-0.4, -0.2) is 12.9 Å². The van der Waals surface area contributed by atoms with Gasteiger partial charge in [0, 0.05) is 6.42 Å². The molecule has 3 aliphatic carbocycles. The molecule has 26 heavy (non-hydrogen) atoms. The van der Waals surface area contributed by atoms with Gasteiger partial charge in [-0.3, -0.25) is 0 Å². The van der Waals surface area contributed by atoms with Crippen molar-refractivity contribution >= 4 is 0 Å². The lowest BCUT2D eigenvalue weighted by molar-refractivity contribution is -0.110. The third kappa shape index (κ3) is 4.01. The highest BCUT2D eigenvalue weighted by molar-refractivity contribution is 5.25. The Morgan fingerprint density at radius 1 is 1.15 bits per heavy atom. The molecule has 2 fully saturated rings. The van der Waals surface area contributed by atoms with Crippen LogP contribution in [0.15, 0.2) is 11.8 Å². The molecule has 0 radical (unpaired) electrons. The van der Waals surface area contributed by atoms with Gasteiger partial charge in [-0.25, -0.2) is 0 Å². The zero-order chi connectivity index (χ0) is 19.0. The van der Waals surface area contributed by atoms with Crippen LogP contribution in [0, 0.1) is 28.1 Å². The molecule has 0 N–H and O–H groups in total.